The molecule has 0 saturated carbocycles. The smallest absolute Gasteiger partial charge is 0.327 e. The molecule has 138 valence electrons. The van der Waals surface area contributed by atoms with Crippen molar-refractivity contribution in [2.45, 2.75) is 45.3 Å². The minimum absolute atomic E-state index is 0.0213. The number of thiol groups is 1. The fourth-order valence-corrected chi connectivity index (χ4v) is 1.89. The average Bonchev–Trinajstić information content (AvgIpc) is 2.55. The summed E-state index contributed by atoms with van der Waals surface area (Å²) in [5.41, 5.74) is 5.73. The van der Waals surface area contributed by atoms with Crippen molar-refractivity contribution in [2.75, 3.05) is 12.3 Å². The molecule has 0 aliphatic carbocycles. The summed E-state index contributed by atoms with van der Waals surface area (Å²) >= 11 is 3.83. The Kier molecular flexibility index (Phi) is 10.0. The lowest BCUT2D eigenvalue weighted by molar-refractivity contribution is -0.141. The summed E-state index contributed by atoms with van der Waals surface area (Å²) in [5.74, 6) is -3.01. The van der Waals surface area contributed by atoms with E-state index >= 15 is 0 Å². The molecule has 0 aliphatic rings. The lowest BCUT2D eigenvalue weighted by atomic mass is 9.99. The van der Waals surface area contributed by atoms with Crippen molar-refractivity contribution in [1.82, 2.24) is 16.0 Å². The van der Waals surface area contributed by atoms with Gasteiger partial charge in [-0.2, -0.15) is 12.6 Å². The highest BCUT2D eigenvalue weighted by atomic mass is 32.1. The fraction of sp³-hybridized carbons (Fsp3) is 0.714. The summed E-state index contributed by atoms with van der Waals surface area (Å²) in [6.07, 6.45) is 0.730. The quantitative estimate of drug-likeness (QED) is 0.260. The second-order valence-electron chi connectivity index (χ2n) is 5.50. The van der Waals surface area contributed by atoms with E-state index < -0.39 is 41.8 Å². The Morgan fingerprint density at radius 3 is 2.17 bits per heavy atom. The van der Waals surface area contributed by atoms with Crippen molar-refractivity contribution in [2.24, 2.45) is 11.7 Å². The molecule has 0 fully saturated rings. The molecule has 0 aromatic rings. The Morgan fingerprint density at radius 1 is 1.12 bits per heavy atom. The number of carboxylic acid groups (broad SMARTS) is 1. The second kappa shape index (κ2) is 10.9. The van der Waals surface area contributed by atoms with Crippen LogP contribution < -0.4 is 21.7 Å². The van der Waals surface area contributed by atoms with Crippen LogP contribution in [0.2, 0.25) is 0 Å². The molecule has 10 heteroatoms. The molecule has 9 nitrogen and oxygen atoms in total. The van der Waals surface area contributed by atoms with Gasteiger partial charge in [-0.3, -0.25) is 14.4 Å². The number of aliphatic carboxylic acids is 1. The highest BCUT2D eigenvalue weighted by Crippen LogP contribution is 2.04. The SMILES string of the molecule is CCC(C)C(N)C(=O)NCC(=O)NC(C)C(=O)NC(CS)C(=O)O. The number of rotatable bonds is 10. The van der Waals surface area contributed by atoms with Gasteiger partial charge in [0, 0.05) is 5.75 Å². The van der Waals surface area contributed by atoms with Gasteiger partial charge in [0.05, 0.1) is 12.6 Å². The zero-order valence-corrected chi connectivity index (χ0v) is 14.9. The molecule has 4 unspecified atom stereocenters. The van der Waals surface area contributed by atoms with E-state index in [0.29, 0.717) is 0 Å². The van der Waals surface area contributed by atoms with Gasteiger partial charge < -0.3 is 26.8 Å². The summed E-state index contributed by atoms with van der Waals surface area (Å²) in [4.78, 5) is 46.1. The molecule has 0 heterocycles. The molecule has 6 N–H and O–H groups in total. The highest BCUT2D eigenvalue weighted by Gasteiger charge is 2.23. The van der Waals surface area contributed by atoms with Crippen LogP contribution in [0.1, 0.15) is 27.2 Å². The van der Waals surface area contributed by atoms with Crippen molar-refractivity contribution >= 4 is 36.3 Å². The average molecular weight is 362 g/mol. The van der Waals surface area contributed by atoms with Crippen LogP contribution in [0, 0.1) is 5.92 Å². The zero-order valence-electron chi connectivity index (χ0n) is 14.0. The Morgan fingerprint density at radius 2 is 1.71 bits per heavy atom. The predicted octanol–water partition coefficient (Wildman–Crippen LogP) is -1.52. The van der Waals surface area contributed by atoms with E-state index in [2.05, 4.69) is 28.6 Å². The van der Waals surface area contributed by atoms with Crippen molar-refractivity contribution < 1.29 is 24.3 Å². The minimum Gasteiger partial charge on any atom is -0.480 e. The van der Waals surface area contributed by atoms with E-state index in [4.69, 9.17) is 10.8 Å². The van der Waals surface area contributed by atoms with Crippen LogP contribution in [-0.4, -0.2) is 59.2 Å². The number of carboxylic acids is 1. The molecule has 0 saturated heterocycles. The van der Waals surface area contributed by atoms with Crippen LogP contribution in [-0.2, 0) is 19.2 Å². The Hall–Kier alpha value is -1.81. The molecule has 24 heavy (non-hydrogen) atoms. The topological polar surface area (TPSA) is 151 Å². The van der Waals surface area contributed by atoms with Gasteiger partial charge in [-0.05, 0) is 12.8 Å². The maximum atomic E-state index is 11.8. The van der Waals surface area contributed by atoms with Crippen LogP contribution in [0.25, 0.3) is 0 Å². The number of nitrogens with two attached hydrogens (primary N) is 1. The Labute approximate surface area is 146 Å². The van der Waals surface area contributed by atoms with E-state index in [1.165, 1.54) is 6.92 Å². The zero-order chi connectivity index (χ0) is 18.9. The third-order valence-corrected chi connectivity index (χ3v) is 3.92. The predicted molar refractivity (Wildman–Crippen MR) is 91.5 cm³/mol. The third-order valence-electron chi connectivity index (χ3n) is 3.55. The van der Waals surface area contributed by atoms with Gasteiger partial charge in [0.1, 0.15) is 12.1 Å². The standard InChI is InChI=1S/C14H26N4O5S/c1-4-7(2)11(15)13(21)16-5-10(19)17-8(3)12(20)18-9(6-24)14(22)23/h7-9,11,24H,4-6,15H2,1-3H3,(H,16,21)(H,17,19)(H,18,20)(H,22,23). The fourth-order valence-electron chi connectivity index (χ4n) is 1.64. The number of amides is 3. The van der Waals surface area contributed by atoms with Crippen LogP contribution >= 0.6 is 12.6 Å². The molecule has 4 atom stereocenters. The van der Waals surface area contributed by atoms with Crippen molar-refractivity contribution in [1.29, 1.82) is 0 Å². The van der Waals surface area contributed by atoms with Crippen LogP contribution in [0.3, 0.4) is 0 Å². The number of nitrogens with one attached hydrogen (secondary N) is 3. The summed E-state index contributed by atoms with van der Waals surface area (Å²) in [5, 5.41) is 15.8. The van der Waals surface area contributed by atoms with Crippen molar-refractivity contribution in [3.8, 4) is 0 Å². The summed E-state index contributed by atoms with van der Waals surface area (Å²) in [6.45, 7) is 4.81. The monoisotopic (exact) mass is 362 g/mol. The van der Waals surface area contributed by atoms with Gasteiger partial charge in [-0.15, -0.1) is 0 Å². The summed E-state index contributed by atoms with van der Waals surface area (Å²) < 4.78 is 0. The molecule has 0 rings (SSSR count). The first-order valence-corrected chi connectivity index (χ1v) is 8.23. The van der Waals surface area contributed by atoms with Crippen molar-refractivity contribution in [3.63, 3.8) is 0 Å². The van der Waals surface area contributed by atoms with E-state index in [0.717, 1.165) is 6.42 Å². The van der Waals surface area contributed by atoms with Gasteiger partial charge in [0.2, 0.25) is 17.7 Å². The van der Waals surface area contributed by atoms with Crippen LogP contribution in [0.5, 0.6) is 0 Å². The van der Waals surface area contributed by atoms with E-state index in [-0.39, 0.29) is 18.2 Å². The van der Waals surface area contributed by atoms with Crippen LogP contribution in [0.4, 0.5) is 0 Å². The van der Waals surface area contributed by atoms with Gasteiger partial charge >= 0.3 is 5.97 Å². The Bertz CT molecular complexity index is 474. The first-order chi connectivity index (χ1) is 11.1. The molecule has 0 aromatic heterocycles. The minimum atomic E-state index is -1.22. The first-order valence-electron chi connectivity index (χ1n) is 7.60. The molecular formula is C14H26N4O5S. The Balaban J connectivity index is 4.34. The molecule has 0 radical (unpaired) electrons. The normalized spacial score (nSPS) is 15.5. The molecular weight excluding hydrogens is 336 g/mol. The van der Waals surface area contributed by atoms with Gasteiger partial charge in [0.15, 0.2) is 0 Å². The third kappa shape index (κ3) is 7.64. The molecule has 0 bridgehead atoms. The van der Waals surface area contributed by atoms with Gasteiger partial charge in [0.25, 0.3) is 0 Å². The summed E-state index contributed by atoms with van der Waals surface area (Å²) in [7, 11) is 0. The maximum absolute atomic E-state index is 11.8. The largest absolute Gasteiger partial charge is 0.480 e. The lowest BCUT2D eigenvalue weighted by Crippen LogP contribution is -2.53. The molecule has 0 aromatic carbocycles. The molecule has 0 aliphatic heterocycles. The number of hydrogen-bond acceptors (Lipinski definition) is 6. The number of carbonyl (C=O) groups is 4. The van der Waals surface area contributed by atoms with Crippen LogP contribution in [0.15, 0.2) is 0 Å². The highest BCUT2D eigenvalue weighted by molar-refractivity contribution is 7.80. The summed E-state index contributed by atoms with van der Waals surface area (Å²) in [6, 6.07) is -2.82. The lowest BCUT2D eigenvalue weighted by Gasteiger charge is -2.19. The van der Waals surface area contributed by atoms with E-state index in [9.17, 15) is 19.2 Å². The van der Waals surface area contributed by atoms with Gasteiger partial charge in [-0.25, -0.2) is 4.79 Å². The second-order valence-corrected chi connectivity index (χ2v) is 5.87. The maximum Gasteiger partial charge on any atom is 0.327 e. The van der Waals surface area contributed by atoms with Gasteiger partial charge in [-0.1, -0.05) is 20.3 Å². The number of carbonyl (C=O) groups excluding carboxylic acids is 3. The molecule has 3 amide bonds. The van der Waals surface area contributed by atoms with Crippen molar-refractivity contribution in [3.05, 3.63) is 0 Å². The number of hydrogen-bond donors (Lipinski definition) is 6. The van der Waals surface area contributed by atoms with E-state index in [1.807, 2.05) is 13.8 Å². The first kappa shape index (κ1) is 22.2. The molecule has 0 spiro atoms. The van der Waals surface area contributed by atoms with E-state index in [1.54, 1.807) is 0 Å².